The summed E-state index contributed by atoms with van der Waals surface area (Å²) in [6.07, 6.45) is 3.89. The van der Waals surface area contributed by atoms with Gasteiger partial charge in [-0.1, -0.05) is 30.3 Å². The molecule has 2 aromatic carbocycles. The number of hydrogen-bond donors (Lipinski definition) is 3. The molecule has 3 rings (SSSR count). The zero-order valence-corrected chi connectivity index (χ0v) is 19.1. The van der Waals surface area contributed by atoms with Crippen molar-refractivity contribution >= 4 is 23.4 Å². The largest absolute Gasteiger partial charge is 0.481 e. The predicted octanol–water partition coefficient (Wildman–Crippen LogP) is 3.51. The van der Waals surface area contributed by atoms with E-state index in [4.69, 9.17) is 16.2 Å². The predicted molar refractivity (Wildman–Crippen MR) is 131 cm³/mol. The summed E-state index contributed by atoms with van der Waals surface area (Å²) in [7, 11) is 0. The highest BCUT2D eigenvalue weighted by Crippen LogP contribution is 2.25. The van der Waals surface area contributed by atoms with Crippen LogP contribution in [0.4, 0.5) is 5.69 Å². The number of carboxylic acid groups (broad SMARTS) is 1. The first-order valence-electron chi connectivity index (χ1n) is 11.7. The number of nitrogens with one attached hydrogen (secondary N) is 1. The van der Waals surface area contributed by atoms with Crippen molar-refractivity contribution in [3.05, 3.63) is 65.7 Å². The number of rotatable bonds is 11. The van der Waals surface area contributed by atoms with Gasteiger partial charge in [-0.15, -0.1) is 0 Å². The third-order valence-electron chi connectivity index (χ3n) is 6.25. The summed E-state index contributed by atoms with van der Waals surface area (Å²) < 4.78 is 0. The van der Waals surface area contributed by atoms with Crippen LogP contribution in [0.3, 0.4) is 0 Å². The van der Waals surface area contributed by atoms with E-state index in [1.165, 1.54) is 5.56 Å². The summed E-state index contributed by atoms with van der Waals surface area (Å²) in [5.74, 6) is -0.642. The third-order valence-corrected chi connectivity index (χ3v) is 6.25. The van der Waals surface area contributed by atoms with Crippen LogP contribution in [0.1, 0.15) is 43.2 Å². The van der Waals surface area contributed by atoms with E-state index in [1.54, 1.807) is 0 Å². The quantitative estimate of drug-likeness (QED) is 0.358. The number of carbonyl (C=O) groups is 2. The van der Waals surface area contributed by atoms with Gasteiger partial charge in [0.1, 0.15) is 5.84 Å². The minimum atomic E-state index is -0.823. The maximum absolute atomic E-state index is 13.3. The molecule has 0 spiro atoms. The first kappa shape index (κ1) is 24.3. The van der Waals surface area contributed by atoms with E-state index in [0.717, 1.165) is 44.5 Å². The lowest BCUT2D eigenvalue weighted by Crippen LogP contribution is -2.43. The van der Waals surface area contributed by atoms with Gasteiger partial charge in [-0.25, -0.2) is 0 Å². The SMILES string of the molecule is N=C(N)c1ccc(N2CCC(C(=O)N(CCCC(=O)O)CCCc3ccccc3)CC2)cc1. The van der Waals surface area contributed by atoms with Crippen LogP contribution in [0.5, 0.6) is 0 Å². The number of aliphatic carboxylic acids is 1. The van der Waals surface area contributed by atoms with Gasteiger partial charge in [0.2, 0.25) is 5.91 Å². The fourth-order valence-electron chi connectivity index (χ4n) is 4.37. The van der Waals surface area contributed by atoms with Crippen LogP contribution in [0.15, 0.2) is 54.6 Å². The van der Waals surface area contributed by atoms with Crippen LogP contribution >= 0.6 is 0 Å². The molecule has 2 aromatic rings. The number of anilines is 1. The van der Waals surface area contributed by atoms with Crippen LogP contribution in [0.25, 0.3) is 0 Å². The Labute approximate surface area is 195 Å². The number of amidine groups is 1. The van der Waals surface area contributed by atoms with Crippen LogP contribution in [-0.4, -0.2) is 53.9 Å². The van der Waals surface area contributed by atoms with E-state index in [-0.39, 0.29) is 24.1 Å². The number of hydrogen-bond acceptors (Lipinski definition) is 4. The summed E-state index contributed by atoms with van der Waals surface area (Å²) in [5.41, 5.74) is 8.57. The molecule has 4 N–H and O–H groups in total. The van der Waals surface area contributed by atoms with E-state index in [9.17, 15) is 9.59 Å². The molecule has 1 fully saturated rings. The maximum atomic E-state index is 13.3. The van der Waals surface area contributed by atoms with Crippen LogP contribution < -0.4 is 10.6 Å². The Balaban J connectivity index is 1.54. The molecule has 33 heavy (non-hydrogen) atoms. The molecule has 176 valence electrons. The van der Waals surface area contributed by atoms with Crippen LogP contribution in [0.2, 0.25) is 0 Å². The van der Waals surface area contributed by atoms with Gasteiger partial charge in [0.05, 0.1) is 0 Å². The minimum Gasteiger partial charge on any atom is -0.481 e. The van der Waals surface area contributed by atoms with Crippen molar-refractivity contribution in [2.75, 3.05) is 31.1 Å². The van der Waals surface area contributed by atoms with E-state index in [2.05, 4.69) is 17.0 Å². The lowest BCUT2D eigenvalue weighted by atomic mass is 9.94. The molecule has 7 heteroatoms. The molecule has 1 amide bonds. The lowest BCUT2D eigenvalue weighted by molar-refractivity contribution is -0.139. The highest BCUT2D eigenvalue weighted by atomic mass is 16.4. The topological polar surface area (TPSA) is 111 Å². The molecule has 1 aliphatic rings. The number of nitrogen functional groups attached to an aromatic ring is 1. The normalized spacial score (nSPS) is 14.1. The average molecular weight is 451 g/mol. The fourth-order valence-corrected chi connectivity index (χ4v) is 4.37. The van der Waals surface area contributed by atoms with E-state index >= 15 is 0 Å². The molecule has 1 heterocycles. The number of carbonyl (C=O) groups excluding carboxylic acids is 1. The Morgan fingerprint density at radius 3 is 2.24 bits per heavy atom. The average Bonchev–Trinajstić information content (AvgIpc) is 2.83. The number of carboxylic acids is 1. The van der Waals surface area contributed by atoms with Crippen LogP contribution in [-0.2, 0) is 16.0 Å². The van der Waals surface area contributed by atoms with Crippen molar-refractivity contribution in [1.82, 2.24) is 4.90 Å². The molecule has 0 aliphatic carbocycles. The highest BCUT2D eigenvalue weighted by molar-refractivity contribution is 5.95. The minimum absolute atomic E-state index is 0.0284. The molecular formula is C26H34N4O3. The number of benzene rings is 2. The molecule has 1 aliphatic heterocycles. The molecule has 0 saturated carbocycles. The Kier molecular flexibility index (Phi) is 8.87. The second kappa shape index (κ2) is 12.0. The molecule has 1 saturated heterocycles. The number of nitrogens with zero attached hydrogens (tertiary/aromatic N) is 2. The Bertz CT molecular complexity index is 922. The summed E-state index contributed by atoms with van der Waals surface area (Å²) >= 11 is 0. The second-order valence-corrected chi connectivity index (χ2v) is 8.63. The van der Waals surface area contributed by atoms with Gasteiger partial charge in [0.25, 0.3) is 0 Å². The van der Waals surface area contributed by atoms with Crippen molar-refractivity contribution in [3.63, 3.8) is 0 Å². The summed E-state index contributed by atoms with van der Waals surface area (Å²) in [6, 6.07) is 17.9. The van der Waals surface area contributed by atoms with Gasteiger partial charge in [-0.3, -0.25) is 15.0 Å². The molecule has 0 atom stereocenters. The van der Waals surface area contributed by atoms with Gasteiger partial charge in [-0.2, -0.15) is 0 Å². The van der Waals surface area contributed by atoms with Gasteiger partial charge >= 0.3 is 5.97 Å². The van der Waals surface area contributed by atoms with Gasteiger partial charge in [0.15, 0.2) is 0 Å². The zero-order chi connectivity index (χ0) is 23.6. The Morgan fingerprint density at radius 1 is 1.00 bits per heavy atom. The molecule has 0 radical (unpaired) electrons. The van der Waals surface area contributed by atoms with E-state index < -0.39 is 5.97 Å². The molecular weight excluding hydrogens is 416 g/mol. The summed E-state index contributed by atoms with van der Waals surface area (Å²) in [6.45, 7) is 2.73. The standard InChI is InChI=1S/C26H34N4O3/c27-25(28)21-10-12-23(13-11-21)29-18-14-22(15-19-29)26(33)30(17-5-9-24(31)32)16-4-8-20-6-2-1-3-7-20/h1-3,6-7,10-13,22H,4-5,8-9,14-19H2,(H3,27,28)(H,31,32). The number of piperidine rings is 1. The van der Waals surface area contributed by atoms with Gasteiger partial charge in [0, 0.05) is 49.8 Å². The van der Waals surface area contributed by atoms with Crippen molar-refractivity contribution in [2.24, 2.45) is 11.7 Å². The van der Waals surface area contributed by atoms with Crippen molar-refractivity contribution in [3.8, 4) is 0 Å². The van der Waals surface area contributed by atoms with E-state index in [1.807, 2.05) is 47.4 Å². The summed E-state index contributed by atoms with van der Waals surface area (Å²) in [4.78, 5) is 28.4. The number of aryl methyl sites for hydroxylation is 1. The first-order chi connectivity index (χ1) is 15.9. The van der Waals surface area contributed by atoms with Crippen molar-refractivity contribution in [1.29, 1.82) is 5.41 Å². The Morgan fingerprint density at radius 2 is 1.64 bits per heavy atom. The molecule has 7 nitrogen and oxygen atoms in total. The van der Waals surface area contributed by atoms with Crippen molar-refractivity contribution < 1.29 is 14.7 Å². The zero-order valence-electron chi connectivity index (χ0n) is 19.1. The fraction of sp³-hybridized carbons (Fsp3) is 0.423. The number of nitrogens with two attached hydrogens (primary N) is 1. The van der Waals surface area contributed by atoms with Crippen LogP contribution in [0, 0.1) is 11.3 Å². The summed E-state index contributed by atoms with van der Waals surface area (Å²) in [5, 5.41) is 16.5. The second-order valence-electron chi connectivity index (χ2n) is 8.63. The lowest BCUT2D eigenvalue weighted by Gasteiger charge is -2.35. The van der Waals surface area contributed by atoms with Gasteiger partial charge < -0.3 is 20.6 Å². The maximum Gasteiger partial charge on any atom is 0.303 e. The third kappa shape index (κ3) is 7.34. The first-order valence-corrected chi connectivity index (χ1v) is 11.7. The smallest absolute Gasteiger partial charge is 0.303 e. The van der Waals surface area contributed by atoms with Gasteiger partial charge in [-0.05, 0) is 61.9 Å². The molecule has 0 aromatic heterocycles. The molecule has 0 bridgehead atoms. The monoisotopic (exact) mass is 450 g/mol. The molecule has 0 unspecified atom stereocenters. The van der Waals surface area contributed by atoms with E-state index in [0.29, 0.717) is 25.1 Å². The Hall–Kier alpha value is -3.35. The highest BCUT2D eigenvalue weighted by Gasteiger charge is 2.28. The number of amides is 1. The van der Waals surface area contributed by atoms with Crippen molar-refractivity contribution in [2.45, 2.75) is 38.5 Å².